The van der Waals surface area contributed by atoms with Crippen LogP contribution in [0.5, 0.6) is 0 Å². The van der Waals surface area contributed by atoms with Gasteiger partial charge in [0.15, 0.2) is 0 Å². The number of nitrogens with one attached hydrogen (secondary N) is 1. The van der Waals surface area contributed by atoms with Gasteiger partial charge in [-0.2, -0.15) is 0 Å². The molecule has 19 heavy (non-hydrogen) atoms. The fourth-order valence-corrected chi connectivity index (χ4v) is 1.23. The van der Waals surface area contributed by atoms with Gasteiger partial charge in [-0.3, -0.25) is 9.59 Å². The fraction of sp³-hybridized carbons (Fsp3) is 0.538. The molecule has 0 aromatic carbocycles. The van der Waals surface area contributed by atoms with Crippen LogP contribution in [-0.2, 0) is 14.3 Å². The smallest absolute Gasteiger partial charge is 0.246 e. The summed E-state index contributed by atoms with van der Waals surface area (Å²) < 4.78 is 5.07. The Morgan fingerprint density at radius 2 is 2.00 bits per heavy atom. The highest BCUT2D eigenvalue weighted by molar-refractivity contribution is 5.92. The molecule has 0 atom stereocenters. The van der Waals surface area contributed by atoms with Crippen molar-refractivity contribution < 1.29 is 19.4 Å². The molecule has 0 spiro atoms. The first kappa shape index (κ1) is 17.3. The van der Waals surface area contributed by atoms with Crippen LogP contribution in [0.1, 0.15) is 6.92 Å². The summed E-state index contributed by atoms with van der Waals surface area (Å²) in [5.41, 5.74) is 0.462. The van der Waals surface area contributed by atoms with Crippen molar-refractivity contribution in [2.45, 2.75) is 6.92 Å². The molecular formula is C13H22N2O4. The minimum absolute atomic E-state index is 0.00306. The van der Waals surface area contributed by atoms with Gasteiger partial charge in [0.25, 0.3) is 0 Å². The van der Waals surface area contributed by atoms with Crippen molar-refractivity contribution >= 4 is 11.8 Å². The molecule has 1 saturated heterocycles. The van der Waals surface area contributed by atoms with Crippen molar-refractivity contribution in [3.63, 3.8) is 0 Å². The highest BCUT2D eigenvalue weighted by Gasteiger charge is 2.12. The van der Waals surface area contributed by atoms with Gasteiger partial charge in [-0.1, -0.05) is 13.2 Å². The Kier molecular flexibility index (Phi) is 9.38. The Morgan fingerprint density at radius 3 is 2.42 bits per heavy atom. The van der Waals surface area contributed by atoms with Crippen molar-refractivity contribution in [2.75, 3.05) is 39.5 Å². The topological polar surface area (TPSA) is 78.9 Å². The number of aliphatic hydroxyl groups excluding tert-OH is 1. The standard InChI is InChI=1S/C7H11NO2.C6H11NO2/c1-2-7(9)8-3-5-10-6-4-8;1-5(2)6(9)7-3-4-8/h2H,1,3-6H2;8H,1,3-4H2,2H3,(H,7,9). The lowest BCUT2D eigenvalue weighted by atomic mass is 10.3. The molecule has 0 aromatic heterocycles. The van der Waals surface area contributed by atoms with Crippen LogP contribution >= 0.6 is 0 Å². The van der Waals surface area contributed by atoms with E-state index < -0.39 is 0 Å². The number of hydrogen-bond acceptors (Lipinski definition) is 4. The average molecular weight is 270 g/mol. The molecule has 1 aliphatic rings. The van der Waals surface area contributed by atoms with E-state index in [-0.39, 0.29) is 18.4 Å². The second-order valence-electron chi connectivity index (χ2n) is 3.90. The number of morpholine rings is 1. The van der Waals surface area contributed by atoms with Gasteiger partial charge in [-0.15, -0.1) is 0 Å². The maximum absolute atomic E-state index is 10.9. The molecule has 0 aromatic rings. The molecule has 6 heteroatoms. The van der Waals surface area contributed by atoms with Crippen LogP contribution in [0.25, 0.3) is 0 Å². The first-order valence-electron chi connectivity index (χ1n) is 6.06. The molecule has 6 nitrogen and oxygen atoms in total. The molecule has 0 bridgehead atoms. The molecule has 2 amide bonds. The summed E-state index contributed by atoms with van der Waals surface area (Å²) in [4.78, 5) is 23.2. The van der Waals surface area contributed by atoms with Crippen LogP contribution in [0.15, 0.2) is 24.8 Å². The zero-order chi connectivity index (χ0) is 14.7. The number of amides is 2. The van der Waals surface area contributed by atoms with Crippen molar-refractivity contribution in [1.82, 2.24) is 10.2 Å². The first-order chi connectivity index (χ1) is 9.02. The number of carbonyl (C=O) groups is 2. The van der Waals surface area contributed by atoms with Gasteiger partial charge in [0.05, 0.1) is 19.8 Å². The lowest BCUT2D eigenvalue weighted by molar-refractivity contribution is -0.129. The van der Waals surface area contributed by atoms with E-state index in [1.54, 1.807) is 11.8 Å². The van der Waals surface area contributed by atoms with Gasteiger partial charge in [0.1, 0.15) is 0 Å². The average Bonchev–Trinajstić information content (AvgIpc) is 2.45. The van der Waals surface area contributed by atoms with Crippen LogP contribution < -0.4 is 5.32 Å². The first-order valence-corrected chi connectivity index (χ1v) is 6.06. The van der Waals surface area contributed by atoms with E-state index in [1.165, 1.54) is 6.08 Å². The van der Waals surface area contributed by atoms with Crippen LogP contribution in [0.3, 0.4) is 0 Å². The van der Waals surface area contributed by atoms with E-state index in [0.717, 1.165) is 0 Å². The predicted molar refractivity (Wildman–Crippen MR) is 72.5 cm³/mol. The second-order valence-corrected chi connectivity index (χ2v) is 3.90. The zero-order valence-corrected chi connectivity index (χ0v) is 11.4. The summed E-state index contributed by atoms with van der Waals surface area (Å²) in [6.07, 6.45) is 1.34. The number of ether oxygens (including phenoxy) is 1. The highest BCUT2D eigenvalue weighted by Crippen LogP contribution is 1.96. The van der Waals surface area contributed by atoms with Crippen LogP contribution in [0.4, 0.5) is 0 Å². The Balaban J connectivity index is 0.000000344. The van der Waals surface area contributed by atoms with Gasteiger partial charge < -0.3 is 20.1 Å². The summed E-state index contributed by atoms with van der Waals surface area (Å²) in [5, 5.41) is 10.7. The Morgan fingerprint density at radius 1 is 1.42 bits per heavy atom. The second kappa shape index (κ2) is 10.3. The molecule has 1 rings (SSSR count). The van der Waals surface area contributed by atoms with Crippen molar-refractivity contribution in [1.29, 1.82) is 0 Å². The zero-order valence-electron chi connectivity index (χ0n) is 11.4. The van der Waals surface area contributed by atoms with Crippen molar-refractivity contribution in [3.05, 3.63) is 24.8 Å². The molecule has 1 aliphatic heterocycles. The minimum Gasteiger partial charge on any atom is -0.395 e. The van der Waals surface area contributed by atoms with Crippen LogP contribution in [0, 0.1) is 0 Å². The number of rotatable bonds is 4. The molecule has 0 aliphatic carbocycles. The quantitative estimate of drug-likeness (QED) is 0.688. The normalized spacial score (nSPS) is 13.9. The van der Waals surface area contributed by atoms with Crippen LogP contribution in [0.2, 0.25) is 0 Å². The van der Waals surface area contributed by atoms with E-state index in [0.29, 0.717) is 38.4 Å². The Labute approximate surface area is 113 Å². The molecule has 108 valence electrons. The third kappa shape index (κ3) is 8.12. The van der Waals surface area contributed by atoms with E-state index in [1.807, 2.05) is 0 Å². The molecule has 1 fully saturated rings. The number of nitrogens with zero attached hydrogens (tertiary/aromatic N) is 1. The van der Waals surface area contributed by atoms with E-state index >= 15 is 0 Å². The molecule has 2 N–H and O–H groups in total. The summed E-state index contributed by atoms with van der Waals surface area (Å²) in [6, 6.07) is 0. The van der Waals surface area contributed by atoms with Gasteiger partial charge in [-0.05, 0) is 13.0 Å². The van der Waals surface area contributed by atoms with Crippen molar-refractivity contribution in [2.24, 2.45) is 0 Å². The maximum atomic E-state index is 10.9. The summed E-state index contributed by atoms with van der Waals surface area (Å²) in [6.45, 7) is 11.4. The largest absolute Gasteiger partial charge is 0.395 e. The molecule has 0 unspecified atom stereocenters. The highest BCUT2D eigenvalue weighted by atomic mass is 16.5. The number of hydrogen-bond donors (Lipinski definition) is 2. The Bertz CT molecular complexity index is 323. The number of aliphatic hydroxyl groups is 1. The van der Waals surface area contributed by atoms with Crippen molar-refractivity contribution in [3.8, 4) is 0 Å². The molecule has 0 saturated carbocycles. The monoisotopic (exact) mass is 270 g/mol. The fourth-order valence-electron chi connectivity index (χ4n) is 1.23. The minimum atomic E-state index is -0.205. The predicted octanol–water partition coefficient (Wildman–Crippen LogP) is -0.298. The van der Waals surface area contributed by atoms with E-state index in [2.05, 4.69) is 18.5 Å². The van der Waals surface area contributed by atoms with Gasteiger partial charge in [0.2, 0.25) is 11.8 Å². The third-order valence-corrected chi connectivity index (χ3v) is 2.28. The molecular weight excluding hydrogens is 248 g/mol. The molecule has 1 heterocycles. The van der Waals surface area contributed by atoms with Gasteiger partial charge in [0, 0.05) is 25.2 Å². The maximum Gasteiger partial charge on any atom is 0.246 e. The summed E-state index contributed by atoms with van der Waals surface area (Å²) in [5.74, 6) is -0.202. The third-order valence-electron chi connectivity index (χ3n) is 2.28. The van der Waals surface area contributed by atoms with Gasteiger partial charge in [-0.25, -0.2) is 0 Å². The lowest BCUT2D eigenvalue weighted by Gasteiger charge is -2.25. The van der Waals surface area contributed by atoms with E-state index in [9.17, 15) is 9.59 Å². The van der Waals surface area contributed by atoms with E-state index in [4.69, 9.17) is 9.84 Å². The summed E-state index contributed by atoms with van der Waals surface area (Å²) >= 11 is 0. The Hall–Kier alpha value is -1.66. The summed E-state index contributed by atoms with van der Waals surface area (Å²) in [7, 11) is 0. The lowest BCUT2D eigenvalue weighted by Crippen LogP contribution is -2.39. The SMILES string of the molecule is C=C(C)C(=O)NCCO.C=CC(=O)N1CCOCC1. The number of carbonyl (C=O) groups excluding carboxylic acids is 2. The van der Waals surface area contributed by atoms with Gasteiger partial charge >= 0.3 is 0 Å². The van der Waals surface area contributed by atoms with Crippen LogP contribution in [-0.4, -0.2) is 61.3 Å². The molecule has 0 radical (unpaired) electrons.